The molecule has 0 radical (unpaired) electrons. The van der Waals surface area contributed by atoms with Crippen LogP contribution in [0.25, 0.3) is 0 Å². The van der Waals surface area contributed by atoms with Crippen LogP contribution in [0, 0.1) is 5.92 Å². The molecule has 2 amide bonds. The monoisotopic (exact) mass is 228 g/mol. The van der Waals surface area contributed by atoms with E-state index in [-0.39, 0.29) is 12.6 Å². The van der Waals surface area contributed by atoms with Crippen LogP contribution in [0.15, 0.2) is 0 Å². The summed E-state index contributed by atoms with van der Waals surface area (Å²) in [6.45, 7) is 1.77. The van der Waals surface area contributed by atoms with E-state index in [1.54, 1.807) is 0 Å². The maximum Gasteiger partial charge on any atom is 0.314 e. The number of carbonyl (C=O) groups is 1. The number of hydrogen-bond acceptors (Lipinski definition) is 2. The number of hydrogen-bond donors (Lipinski definition) is 3. The fourth-order valence-corrected chi connectivity index (χ4v) is 2.13. The third-order valence-corrected chi connectivity index (χ3v) is 3.15. The zero-order chi connectivity index (χ0) is 11.6. The highest BCUT2D eigenvalue weighted by atomic mass is 16.2. The zero-order valence-electron chi connectivity index (χ0n) is 10.0. The second kappa shape index (κ2) is 8.39. The Kier molecular flexibility index (Phi) is 6.97. The van der Waals surface area contributed by atoms with Crippen LogP contribution in [-0.4, -0.2) is 30.8 Å². The molecular weight excluding hydrogens is 204 g/mol. The van der Waals surface area contributed by atoms with Crippen LogP contribution in [0.2, 0.25) is 0 Å². The minimum atomic E-state index is -0.0455. The van der Waals surface area contributed by atoms with Gasteiger partial charge in [-0.1, -0.05) is 12.8 Å². The molecule has 16 heavy (non-hydrogen) atoms. The van der Waals surface area contributed by atoms with E-state index in [1.165, 1.54) is 25.7 Å². The summed E-state index contributed by atoms with van der Waals surface area (Å²) in [6.07, 6.45) is 7.89. The molecule has 0 atom stereocenters. The Morgan fingerprint density at radius 1 is 1.12 bits per heavy atom. The quantitative estimate of drug-likeness (QED) is 0.580. The number of amides is 2. The fourth-order valence-electron chi connectivity index (χ4n) is 2.13. The molecule has 4 heteroatoms. The van der Waals surface area contributed by atoms with Crippen molar-refractivity contribution in [1.29, 1.82) is 0 Å². The molecule has 3 N–H and O–H groups in total. The Hall–Kier alpha value is -0.770. The lowest BCUT2D eigenvalue weighted by atomic mass is 10.1. The summed E-state index contributed by atoms with van der Waals surface area (Å²) < 4.78 is 0. The molecule has 1 saturated carbocycles. The molecular formula is C12H24N2O2. The summed E-state index contributed by atoms with van der Waals surface area (Å²) in [6, 6.07) is -0.0455. The molecule has 1 fully saturated rings. The van der Waals surface area contributed by atoms with E-state index < -0.39 is 0 Å². The first kappa shape index (κ1) is 13.3. The van der Waals surface area contributed by atoms with Gasteiger partial charge in [-0.05, 0) is 38.0 Å². The molecule has 0 unspecified atom stereocenters. The number of aliphatic hydroxyl groups excluding tert-OH is 1. The van der Waals surface area contributed by atoms with Gasteiger partial charge in [-0.2, -0.15) is 0 Å². The molecule has 0 aromatic carbocycles. The van der Waals surface area contributed by atoms with E-state index >= 15 is 0 Å². The van der Waals surface area contributed by atoms with Crippen molar-refractivity contribution in [2.45, 2.75) is 44.9 Å². The van der Waals surface area contributed by atoms with Gasteiger partial charge in [-0.25, -0.2) is 4.79 Å². The standard InChI is InChI=1S/C12H24N2O2/c15-9-5-1-4-8-13-12(16)14-10-11-6-2-3-7-11/h11,15H,1-10H2,(H2,13,14,16). The first-order valence-corrected chi connectivity index (χ1v) is 6.45. The molecule has 1 aliphatic rings. The number of urea groups is 1. The lowest BCUT2D eigenvalue weighted by Gasteiger charge is -2.11. The van der Waals surface area contributed by atoms with Crippen LogP contribution in [0.1, 0.15) is 44.9 Å². The maximum absolute atomic E-state index is 11.4. The van der Waals surface area contributed by atoms with E-state index in [2.05, 4.69) is 10.6 Å². The molecule has 0 heterocycles. The minimum Gasteiger partial charge on any atom is -0.396 e. The Morgan fingerprint density at radius 2 is 1.88 bits per heavy atom. The molecule has 4 nitrogen and oxygen atoms in total. The van der Waals surface area contributed by atoms with Gasteiger partial charge in [0.25, 0.3) is 0 Å². The van der Waals surface area contributed by atoms with Gasteiger partial charge < -0.3 is 15.7 Å². The number of aliphatic hydroxyl groups is 1. The van der Waals surface area contributed by atoms with E-state index in [9.17, 15) is 4.79 Å². The van der Waals surface area contributed by atoms with Crippen molar-refractivity contribution in [1.82, 2.24) is 10.6 Å². The average molecular weight is 228 g/mol. The lowest BCUT2D eigenvalue weighted by molar-refractivity contribution is 0.238. The van der Waals surface area contributed by atoms with Crippen molar-refractivity contribution in [3.8, 4) is 0 Å². The van der Waals surface area contributed by atoms with Gasteiger partial charge in [0.2, 0.25) is 0 Å². The summed E-state index contributed by atoms with van der Waals surface area (Å²) >= 11 is 0. The van der Waals surface area contributed by atoms with Crippen LogP contribution in [0.5, 0.6) is 0 Å². The van der Waals surface area contributed by atoms with E-state index in [1.807, 2.05) is 0 Å². The van der Waals surface area contributed by atoms with Crippen LogP contribution in [0.3, 0.4) is 0 Å². The summed E-state index contributed by atoms with van der Waals surface area (Å²) in [5, 5.41) is 14.3. The fraction of sp³-hybridized carbons (Fsp3) is 0.917. The molecule has 0 saturated heterocycles. The predicted molar refractivity (Wildman–Crippen MR) is 64.3 cm³/mol. The van der Waals surface area contributed by atoms with Crippen LogP contribution in [0.4, 0.5) is 4.79 Å². The zero-order valence-corrected chi connectivity index (χ0v) is 10.0. The summed E-state index contributed by atoms with van der Waals surface area (Å²) in [5.41, 5.74) is 0. The predicted octanol–water partition coefficient (Wildman–Crippen LogP) is 1.64. The van der Waals surface area contributed by atoms with Crippen molar-refractivity contribution in [3.05, 3.63) is 0 Å². The first-order valence-electron chi connectivity index (χ1n) is 6.45. The smallest absolute Gasteiger partial charge is 0.314 e. The maximum atomic E-state index is 11.4. The summed E-state index contributed by atoms with van der Waals surface area (Å²) in [7, 11) is 0. The average Bonchev–Trinajstić information content (AvgIpc) is 2.79. The Balaban J connectivity index is 1.90. The highest BCUT2D eigenvalue weighted by molar-refractivity contribution is 5.73. The molecule has 94 valence electrons. The van der Waals surface area contributed by atoms with Crippen molar-refractivity contribution >= 4 is 6.03 Å². The van der Waals surface area contributed by atoms with E-state index in [0.717, 1.165) is 25.8 Å². The van der Waals surface area contributed by atoms with Crippen molar-refractivity contribution in [3.63, 3.8) is 0 Å². The Labute approximate surface area is 97.8 Å². The highest BCUT2D eigenvalue weighted by Crippen LogP contribution is 2.23. The van der Waals surface area contributed by atoms with E-state index in [4.69, 9.17) is 5.11 Å². The van der Waals surface area contributed by atoms with E-state index in [0.29, 0.717) is 12.5 Å². The van der Waals surface area contributed by atoms with Crippen molar-refractivity contribution in [2.24, 2.45) is 5.92 Å². The van der Waals surface area contributed by atoms with Gasteiger partial charge in [0, 0.05) is 19.7 Å². The number of nitrogens with one attached hydrogen (secondary N) is 2. The van der Waals surface area contributed by atoms with Gasteiger partial charge in [-0.15, -0.1) is 0 Å². The van der Waals surface area contributed by atoms with Crippen LogP contribution in [-0.2, 0) is 0 Å². The van der Waals surface area contributed by atoms with Gasteiger partial charge in [-0.3, -0.25) is 0 Å². The van der Waals surface area contributed by atoms with Crippen molar-refractivity contribution < 1.29 is 9.90 Å². The Morgan fingerprint density at radius 3 is 2.56 bits per heavy atom. The normalized spacial score (nSPS) is 16.3. The third kappa shape index (κ3) is 5.95. The second-order valence-corrected chi connectivity index (χ2v) is 4.57. The number of unbranched alkanes of at least 4 members (excludes halogenated alkanes) is 2. The highest BCUT2D eigenvalue weighted by Gasteiger charge is 2.15. The molecule has 0 aliphatic heterocycles. The Bertz CT molecular complexity index is 191. The number of rotatable bonds is 7. The van der Waals surface area contributed by atoms with Crippen molar-refractivity contribution in [2.75, 3.05) is 19.7 Å². The van der Waals surface area contributed by atoms with Gasteiger partial charge in [0.1, 0.15) is 0 Å². The molecule has 0 bridgehead atoms. The third-order valence-electron chi connectivity index (χ3n) is 3.15. The largest absolute Gasteiger partial charge is 0.396 e. The molecule has 1 rings (SSSR count). The van der Waals surface area contributed by atoms with Gasteiger partial charge in [0.15, 0.2) is 0 Å². The van der Waals surface area contributed by atoms with Gasteiger partial charge in [0.05, 0.1) is 0 Å². The molecule has 0 spiro atoms. The van der Waals surface area contributed by atoms with Gasteiger partial charge >= 0.3 is 6.03 Å². The topological polar surface area (TPSA) is 61.4 Å². The second-order valence-electron chi connectivity index (χ2n) is 4.57. The summed E-state index contributed by atoms with van der Waals surface area (Å²) in [5.74, 6) is 0.695. The molecule has 1 aliphatic carbocycles. The van der Waals surface area contributed by atoms with Crippen LogP contribution < -0.4 is 10.6 Å². The SMILES string of the molecule is O=C(NCCCCCO)NCC1CCCC1. The number of carbonyl (C=O) groups excluding carboxylic acids is 1. The lowest BCUT2D eigenvalue weighted by Crippen LogP contribution is -2.38. The minimum absolute atomic E-state index is 0.0455. The van der Waals surface area contributed by atoms with Crippen LogP contribution >= 0.6 is 0 Å². The summed E-state index contributed by atoms with van der Waals surface area (Å²) in [4.78, 5) is 11.4. The first-order chi connectivity index (χ1) is 7.83. The molecule has 0 aromatic heterocycles. The molecule has 0 aromatic rings.